The lowest BCUT2D eigenvalue weighted by Gasteiger charge is -2.26. The van der Waals surface area contributed by atoms with Gasteiger partial charge in [0, 0.05) is 5.54 Å². The Bertz CT molecular complexity index is 179. The molecule has 0 aliphatic rings. The van der Waals surface area contributed by atoms with Gasteiger partial charge in [0.25, 0.3) is 0 Å². The van der Waals surface area contributed by atoms with Crippen LogP contribution in [0.5, 0.6) is 0 Å². The summed E-state index contributed by atoms with van der Waals surface area (Å²) >= 11 is 0. The molecule has 0 fully saturated rings. The summed E-state index contributed by atoms with van der Waals surface area (Å²) < 4.78 is 0. The molecule has 1 unspecified atom stereocenters. The number of nitrogens with one attached hydrogen (secondary N) is 1. The standard InChI is InChI=1S/C17H37N/c1-7-8-9-10-11-12-16(13-15(2)3)14-18-17(4,5)6/h15-16,18H,7-14H2,1-6H3. The Morgan fingerprint density at radius 1 is 0.944 bits per heavy atom. The van der Waals surface area contributed by atoms with E-state index >= 15 is 0 Å². The topological polar surface area (TPSA) is 12.0 Å². The molecule has 18 heavy (non-hydrogen) atoms. The molecule has 1 atom stereocenters. The van der Waals surface area contributed by atoms with Crippen molar-refractivity contribution in [1.82, 2.24) is 5.32 Å². The van der Waals surface area contributed by atoms with Crippen molar-refractivity contribution < 1.29 is 0 Å². The van der Waals surface area contributed by atoms with Gasteiger partial charge in [-0.25, -0.2) is 0 Å². The van der Waals surface area contributed by atoms with Crippen LogP contribution in [0.3, 0.4) is 0 Å². The van der Waals surface area contributed by atoms with Gasteiger partial charge in [0.1, 0.15) is 0 Å². The lowest BCUT2D eigenvalue weighted by atomic mass is 9.91. The number of hydrogen-bond acceptors (Lipinski definition) is 1. The molecule has 0 aromatic rings. The molecule has 0 aliphatic heterocycles. The summed E-state index contributed by atoms with van der Waals surface area (Å²) in [5.74, 6) is 1.69. The zero-order chi connectivity index (χ0) is 14.0. The molecule has 0 aromatic heterocycles. The first-order valence-electron chi connectivity index (χ1n) is 8.10. The summed E-state index contributed by atoms with van der Waals surface area (Å²) in [7, 11) is 0. The van der Waals surface area contributed by atoms with Crippen LogP contribution < -0.4 is 5.32 Å². The Hall–Kier alpha value is -0.0400. The van der Waals surface area contributed by atoms with Gasteiger partial charge in [0.15, 0.2) is 0 Å². The molecule has 0 aliphatic carbocycles. The monoisotopic (exact) mass is 255 g/mol. The van der Waals surface area contributed by atoms with E-state index in [1.165, 1.54) is 51.5 Å². The van der Waals surface area contributed by atoms with E-state index in [1.54, 1.807) is 0 Å². The van der Waals surface area contributed by atoms with Gasteiger partial charge in [0.2, 0.25) is 0 Å². The molecule has 110 valence electrons. The molecule has 1 heteroatoms. The highest BCUT2D eigenvalue weighted by Gasteiger charge is 2.15. The SMILES string of the molecule is CCCCCCCC(CNC(C)(C)C)CC(C)C. The van der Waals surface area contributed by atoms with E-state index in [0.717, 1.165) is 11.8 Å². The van der Waals surface area contributed by atoms with Gasteiger partial charge >= 0.3 is 0 Å². The van der Waals surface area contributed by atoms with E-state index in [2.05, 4.69) is 46.9 Å². The quantitative estimate of drug-likeness (QED) is 0.516. The Morgan fingerprint density at radius 3 is 2.06 bits per heavy atom. The van der Waals surface area contributed by atoms with Crippen molar-refractivity contribution in [1.29, 1.82) is 0 Å². The van der Waals surface area contributed by atoms with Crippen molar-refractivity contribution in [3.8, 4) is 0 Å². The van der Waals surface area contributed by atoms with E-state index in [4.69, 9.17) is 0 Å². The van der Waals surface area contributed by atoms with Crippen molar-refractivity contribution in [2.75, 3.05) is 6.54 Å². The molecule has 0 spiro atoms. The fourth-order valence-corrected chi connectivity index (χ4v) is 2.46. The highest BCUT2D eigenvalue weighted by Crippen LogP contribution is 2.19. The van der Waals surface area contributed by atoms with Crippen LogP contribution in [0.2, 0.25) is 0 Å². The molecule has 0 radical (unpaired) electrons. The van der Waals surface area contributed by atoms with E-state index in [-0.39, 0.29) is 5.54 Å². The van der Waals surface area contributed by atoms with Gasteiger partial charge in [0.05, 0.1) is 0 Å². The van der Waals surface area contributed by atoms with Gasteiger partial charge in [-0.3, -0.25) is 0 Å². The maximum atomic E-state index is 3.68. The molecule has 0 saturated carbocycles. The maximum Gasteiger partial charge on any atom is 0.00966 e. The normalized spacial score (nSPS) is 14.2. The Labute approximate surface area is 116 Å². The van der Waals surface area contributed by atoms with Crippen molar-refractivity contribution in [2.45, 2.75) is 92.0 Å². The minimum Gasteiger partial charge on any atom is -0.312 e. The molecule has 0 amide bonds. The number of unbranched alkanes of at least 4 members (excludes halogenated alkanes) is 4. The predicted octanol–water partition coefficient (Wildman–Crippen LogP) is 5.40. The zero-order valence-electron chi connectivity index (χ0n) is 13.8. The lowest BCUT2D eigenvalue weighted by Crippen LogP contribution is -2.39. The third-order valence-electron chi connectivity index (χ3n) is 3.44. The summed E-state index contributed by atoms with van der Waals surface area (Å²) in [5, 5.41) is 3.68. The molecule has 0 aromatic carbocycles. The van der Waals surface area contributed by atoms with Crippen LogP contribution >= 0.6 is 0 Å². The summed E-state index contributed by atoms with van der Waals surface area (Å²) in [6, 6.07) is 0. The zero-order valence-corrected chi connectivity index (χ0v) is 13.8. The fourth-order valence-electron chi connectivity index (χ4n) is 2.46. The summed E-state index contributed by atoms with van der Waals surface area (Å²) in [4.78, 5) is 0. The van der Waals surface area contributed by atoms with Crippen molar-refractivity contribution in [3.63, 3.8) is 0 Å². The predicted molar refractivity (Wildman–Crippen MR) is 84.1 cm³/mol. The minimum absolute atomic E-state index is 0.261. The van der Waals surface area contributed by atoms with E-state index in [1.807, 2.05) is 0 Å². The molecule has 0 saturated heterocycles. The second-order valence-corrected chi connectivity index (χ2v) is 7.33. The Morgan fingerprint density at radius 2 is 1.56 bits per heavy atom. The van der Waals surface area contributed by atoms with Crippen LogP contribution in [-0.2, 0) is 0 Å². The molecule has 0 bridgehead atoms. The first-order valence-corrected chi connectivity index (χ1v) is 8.10. The molecule has 0 heterocycles. The van der Waals surface area contributed by atoms with Crippen LogP contribution in [0.25, 0.3) is 0 Å². The first kappa shape index (κ1) is 18.0. The van der Waals surface area contributed by atoms with Crippen LogP contribution in [0.4, 0.5) is 0 Å². The van der Waals surface area contributed by atoms with Crippen LogP contribution in [0, 0.1) is 11.8 Å². The van der Waals surface area contributed by atoms with E-state index in [0.29, 0.717) is 0 Å². The number of rotatable bonds is 10. The lowest BCUT2D eigenvalue weighted by molar-refractivity contribution is 0.312. The van der Waals surface area contributed by atoms with Crippen LogP contribution in [0.15, 0.2) is 0 Å². The van der Waals surface area contributed by atoms with Crippen LogP contribution in [-0.4, -0.2) is 12.1 Å². The first-order chi connectivity index (χ1) is 8.35. The second-order valence-electron chi connectivity index (χ2n) is 7.33. The van der Waals surface area contributed by atoms with E-state index in [9.17, 15) is 0 Å². The molecular formula is C17H37N. The number of hydrogen-bond donors (Lipinski definition) is 1. The van der Waals surface area contributed by atoms with Gasteiger partial charge in [-0.2, -0.15) is 0 Å². The smallest absolute Gasteiger partial charge is 0.00966 e. The average molecular weight is 255 g/mol. The fraction of sp³-hybridized carbons (Fsp3) is 1.00. The Balaban J connectivity index is 3.84. The van der Waals surface area contributed by atoms with Gasteiger partial charge < -0.3 is 5.32 Å². The van der Waals surface area contributed by atoms with Gasteiger partial charge in [-0.1, -0.05) is 52.9 Å². The van der Waals surface area contributed by atoms with Crippen LogP contribution in [0.1, 0.15) is 86.5 Å². The molecule has 0 rings (SSSR count). The van der Waals surface area contributed by atoms with Crippen molar-refractivity contribution in [2.24, 2.45) is 11.8 Å². The average Bonchev–Trinajstić information content (AvgIpc) is 2.23. The maximum absolute atomic E-state index is 3.68. The van der Waals surface area contributed by atoms with Gasteiger partial charge in [-0.05, 0) is 52.0 Å². The Kier molecular flexibility index (Phi) is 9.81. The van der Waals surface area contributed by atoms with E-state index < -0.39 is 0 Å². The van der Waals surface area contributed by atoms with Crippen molar-refractivity contribution >= 4 is 0 Å². The summed E-state index contributed by atoms with van der Waals surface area (Å²) in [6.07, 6.45) is 9.82. The molecule has 1 nitrogen and oxygen atoms in total. The second kappa shape index (κ2) is 9.83. The summed E-state index contributed by atoms with van der Waals surface area (Å²) in [5.41, 5.74) is 0.261. The van der Waals surface area contributed by atoms with Gasteiger partial charge in [-0.15, -0.1) is 0 Å². The third-order valence-corrected chi connectivity index (χ3v) is 3.44. The van der Waals surface area contributed by atoms with Crippen molar-refractivity contribution in [3.05, 3.63) is 0 Å². The molecular weight excluding hydrogens is 218 g/mol. The highest BCUT2D eigenvalue weighted by molar-refractivity contribution is 4.74. The molecule has 1 N–H and O–H groups in total. The third kappa shape index (κ3) is 12.4. The summed E-state index contributed by atoms with van der Waals surface area (Å²) in [6.45, 7) is 15.0. The minimum atomic E-state index is 0.261. The largest absolute Gasteiger partial charge is 0.312 e. The highest BCUT2D eigenvalue weighted by atomic mass is 14.9.